The smallest absolute Gasteiger partial charge is 0.258 e. The third kappa shape index (κ3) is 4.95. The van der Waals surface area contributed by atoms with E-state index < -0.39 is 0 Å². The fourth-order valence-electron chi connectivity index (χ4n) is 5.16. The summed E-state index contributed by atoms with van der Waals surface area (Å²) in [6, 6.07) is 23.4. The van der Waals surface area contributed by atoms with Gasteiger partial charge in [-0.15, -0.1) is 0 Å². The third-order valence-corrected chi connectivity index (χ3v) is 6.97. The molecule has 0 radical (unpaired) electrons. The van der Waals surface area contributed by atoms with Crippen molar-refractivity contribution in [3.63, 3.8) is 0 Å². The van der Waals surface area contributed by atoms with Crippen molar-refractivity contribution in [3.05, 3.63) is 89.5 Å². The minimum Gasteiger partial charge on any atom is -0.508 e. The van der Waals surface area contributed by atoms with E-state index in [0.29, 0.717) is 18.2 Å². The van der Waals surface area contributed by atoms with E-state index in [4.69, 9.17) is 4.74 Å². The first-order chi connectivity index (χ1) is 16.7. The Balaban J connectivity index is 1.33. The molecule has 0 aliphatic carbocycles. The first-order valence-electron chi connectivity index (χ1n) is 12.4. The summed E-state index contributed by atoms with van der Waals surface area (Å²) in [5, 5.41) is 13.5. The lowest BCUT2D eigenvalue weighted by Gasteiger charge is -2.37. The van der Waals surface area contributed by atoms with Crippen LogP contribution in [0, 0.1) is 0 Å². The zero-order chi connectivity index (χ0) is 23.3. The molecule has 2 N–H and O–H groups in total. The number of carbonyl (C=O) groups excluding carboxylic acids is 1. The highest BCUT2D eigenvalue weighted by molar-refractivity contribution is 6.07. The van der Waals surface area contributed by atoms with E-state index in [2.05, 4.69) is 17.4 Å². The van der Waals surface area contributed by atoms with E-state index in [1.54, 1.807) is 12.1 Å². The average Bonchev–Trinajstić information content (AvgIpc) is 2.89. The van der Waals surface area contributed by atoms with Crippen molar-refractivity contribution in [2.24, 2.45) is 0 Å². The molecule has 0 aromatic heterocycles. The lowest BCUT2D eigenvalue weighted by molar-refractivity contribution is 0.0972. The summed E-state index contributed by atoms with van der Waals surface area (Å²) in [5.74, 6) is 0.976. The Morgan fingerprint density at radius 2 is 1.82 bits per heavy atom. The highest BCUT2D eigenvalue weighted by Crippen LogP contribution is 2.40. The summed E-state index contributed by atoms with van der Waals surface area (Å²) in [6.07, 6.45) is 6.39. The van der Waals surface area contributed by atoms with Crippen LogP contribution in [0.1, 0.15) is 59.6 Å². The van der Waals surface area contributed by atoms with Gasteiger partial charge in [0, 0.05) is 17.3 Å². The number of aromatic hydroxyl groups is 1. The number of piperidine rings is 1. The normalized spacial score (nSPS) is 19.9. The summed E-state index contributed by atoms with van der Waals surface area (Å²) in [4.78, 5) is 15.7. The van der Waals surface area contributed by atoms with E-state index >= 15 is 0 Å². The zero-order valence-corrected chi connectivity index (χ0v) is 19.5. The fraction of sp³-hybridized carbons (Fsp3) is 0.345. The largest absolute Gasteiger partial charge is 0.508 e. The minimum absolute atomic E-state index is 0.0431. The Labute approximate surface area is 201 Å². The summed E-state index contributed by atoms with van der Waals surface area (Å²) in [5.41, 5.74) is 3.61. The first kappa shape index (κ1) is 22.5. The van der Waals surface area contributed by atoms with Gasteiger partial charge >= 0.3 is 0 Å². The van der Waals surface area contributed by atoms with Gasteiger partial charge in [-0.25, -0.2) is 0 Å². The molecule has 0 bridgehead atoms. The number of ether oxygens (including phenoxy) is 1. The maximum absolute atomic E-state index is 13.8. The van der Waals surface area contributed by atoms with Crippen molar-refractivity contribution in [1.29, 1.82) is 0 Å². The Morgan fingerprint density at radius 1 is 1.00 bits per heavy atom. The highest BCUT2D eigenvalue weighted by atomic mass is 16.5. The number of aryl methyl sites for hydroxylation is 1. The predicted molar refractivity (Wildman–Crippen MR) is 135 cm³/mol. The van der Waals surface area contributed by atoms with Gasteiger partial charge in [0.1, 0.15) is 11.5 Å². The van der Waals surface area contributed by atoms with Crippen molar-refractivity contribution >= 4 is 11.6 Å². The average molecular weight is 457 g/mol. The number of nitrogens with zero attached hydrogens (tertiary/aromatic N) is 1. The van der Waals surface area contributed by atoms with Crippen molar-refractivity contribution < 1.29 is 14.6 Å². The number of amides is 1. The number of benzene rings is 3. The van der Waals surface area contributed by atoms with Crippen LogP contribution in [0.15, 0.2) is 72.8 Å². The van der Waals surface area contributed by atoms with Gasteiger partial charge in [0.05, 0.1) is 12.6 Å². The lowest BCUT2D eigenvalue weighted by Crippen LogP contribution is -2.38. The van der Waals surface area contributed by atoms with Crippen LogP contribution < -0.4 is 15.0 Å². The maximum Gasteiger partial charge on any atom is 0.258 e. The number of phenols is 1. The van der Waals surface area contributed by atoms with Gasteiger partial charge in [0.25, 0.3) is 5.91 Å². The van der Waals surface area contributed by atoms with Gasteiger partial charge in [0.2, 0.25) is 0 Å². The fourth-order valence-corrected chi connectivity index (χ4v) is 5.16. The molecule has 34 heavy (non-hydrogen) atoms. The van der Waals surface area contributed by atoms with E-state index in [-0.39, 0.29) is 17.7 Å². The second kappa shape index (κ2) is 10.3. The Hall–Kier alpha value is -3.31. The molecule has 2 aliphatic heterocycles. The number of anilines is 1. The molecule has 2 unspecified atom stereocenters. The van der Waals surface area contributed by atoms with Crippen molar-refractivity contribution in [1.82, 2.24) is 5.32 Å². The number of rotatable bonds is 6. The van der Waals surface area contributed by atoms with E-state index in [9.17, 15) is 9.90 Å². The molecule has 176 valence electrons. The van der Waals surface area contributed by atoms with Crippen LogP contribution in [0.25, 0.3) is 0 Å². The minimum atomic E-state index is -0.0512. The van der Waals surface area contributed by atoms with Gasteiger partial charge in [-0.3, -0.25) is 4.79 Å². The van der Waals surface area contributed by atoms with Crippen LogP contribution in [0.3, 0.4) is 0 Å². The molecular weight excluding hydrogens is 424 g/mol. The van der Waals surface area contributed by atoms with Gasteiger partial charge in [-0.2, -0.15) is 0 Å². The van der Waals surface area contributed by atoms with Crippen LogP contribution in [0.2, 0.25) is 0 Å². The molecule has 1 saturated heterocycles. The number of hydrogen-bond acceptors (Lipinski definition) is 4. The Morgan fingerprint density at radius 3 is 2.59 bits per heavy atom. The van der Waals surface area contributed by atoms with Gasteiger partial charge in [-0.05, 0) is 92.2 Å². The Bertz CT molecular complexity index is 1110. The molecule has 2 aliphatic rings. The Kier molecular flexibility index (Phi) is 6.82. The molecule has 2 heterocycles. The van der Waals surface area contributed by atoms with E-state index in [1.165, 1.54) is 19.3 Å². The predicted octanol–water partition coefficient (Wildman–Crippen LogP) is 5.64. The van der Waals surface area contributed by atoms with E-state index in [0.717, 1.165) is 48.4 Å². The number of phenolic OH excluding ortho intramolecular Hbond substituents is 1. The molecule has 0 spiro atoms. The molecule has 5 rings (SSSR count). The number of nitrogens with one attached hydrogen (secondary N) is 1. The van der Waals surface area contributed by atoms with Crippen molar-refractivity contribution in [3.8, 4) is 11.5 Å². The van der Waals surface area contributed by atoms with Crippen LogP contribution in [-0.4, -0.2) is 30.2 Å². The second-order valence-corrected chi connectivity index (χ2v) is 9.26. The standard InChI is InChI=1S/C29H32N2O3/c32-25-12-16-28-23(20-25)11-15-27(21-6-2-1-3-7-21)31(28)29(33)22-9-13-26(14-10-22)34-19-17-24-8-4-5-18-30-24/h1-3,6-7,9-10,12-14,16,20,24,27,30,32H,4-5,8,11,15,17-19H2. The summed E-state index contributed by atoms with van der Waals surface area (Å²) in [6.45, 7) is 1.77. The third-order valence-electron chi connectivity index (χ3n) is 6.97. The molecule has 1 amide bonds. The van der Waals surface area contributed by atoms with E-state index in [1.807, 2.05) is 53.4 Å². The van der Waals surface area contributed by atoms with Crippen molar-refractivity contribution in [2.75, 3.05) is 18.1 Å². The molecule has 5 heteroatoms. The topological polar surface area (TPSA) is 61.8 Å². The highest BCUT2D eigenvalue weighted by Gasteiger charge is 2.33. The molecule has 1 fully saturated rings. The number of fused-ring (bicyclic) bond motifs is 1. The summed E-state index contributed by atoms with van der Waals surface area (Å²) >= 11 is 0. The van der Waals surface area contributed by atoms with Crippen LogP contribution in [-0.2, 0) is 6.42 Å². The quantitative estimate of drug-likeness (QED) is 0.504. The SMILES string of the molecule is O=C(c1ccc(OCCC2CCCCN2)cc1)N1c2ccc(O)cc2CCC1c1ccccc1. The first-order valence-corrected chi connectivity index (χ1v) is 12.4. The molecule has 2 atom stereocenters. The maximum atomic E-state index is 13.8. The van der Waals surface area contributed by atoms with Gasteiger partial charge in [0.15, 0.2) is 0 Å². The van der Waals surface area contributed by atoms with Crippen LogP contribution in [0.5, 0.6) is 11.5 Å². The molecule has 0 saturated carbocycles. The van der Waals surface area contributed by atoms with Crippen molar-refractivity contribution in [2.45, 2.75) is 50.6 Å². The second-order valence-electron chi connectivity index (χ2n) is 9.26. The number of carbonyl (C=O) groups is 1. The van der Waals surface area contributed by atoms with Gasteiger partial charge < -0.3 is 20.1 Å². The molecular formula is C29H32N2O3. The summed E-state index contributed by atoms with van der Waals surface area (Å²) < 4.78 is 5.96. The lowest BCUT2D eigenvalue weighted by atomic mass is 9.90. The van der Waals surface area contributed by atoms with Gasteiger partial charge in [-0.1, -0.05) is 36.8 Å². The molecule has 3 aromatic carbocycles. The zero-order valence-electron chi connectivity index (χ0n) is 19.5. The monoisotopic (exact) mass is 456 g/mol. The van der Waals surface area contributed by atoms with Crippen LogP contribution >= 0.6 is 0 Å². The number of hydrogen-bond donors (Lipinski definition) is 2. The summed E-state index contributed by atoms with van der Waals surface area (Å²) in [7, 11) is 0. The van der Waals surface area contributed by atoms with Crippen LogP contribution in [0.4, 0.5) is 5.69 Å². The molecule has 3 aromatic rings. The molecule has 5 nitrogen and oxygen atoms in total.